The predicted molar refractivity (Wildman–Crippen MR) is 107 cm³/mol. The van der Waals surface area contributed by atoms with Crippen LogP contribution in [0.25, 0.3) is 0 Å². The second kappa shape index (κ2) is 9.32. The van der Waals surface area contributed by atoms with Crippen LogP contribution in [0.3, 0.4) is 0 Å². The highest BCUT2D eigenvalue weighted by Crippen LogP contribution is 2.40. The lowest BCUT2D eigenvalue weighted by atomic mass is 10.1. The number of rotatable bonds is 7. The van der Waals surface area contributed by atoms with Crippen LogP contribution in [0.2, 0.25) is 0 Å². The largest absolute Gasteiger partial charge is 0.493 e. The van der Waals surface area contributed by atoms with Crippen molar-refractivity contribution in [1.29, 1.82) is 0 Å². The number of amides is 1. The Hall–Kier alpha value is -3.22. The number of nitrogens with one attached hydrogen (secondary N) is 1. The van der Waals surface area contributed by atoms with Crippen molar-refractivity contribution < 1.29 is 28.5 Å². The number of esters is 1. The highest BCUT2D eigenvalue weighted by molar-refractivity contribution is 5.93. The number of fused-ring (bicyclic) bond motifs is 1. The summed E-state index contributed by atoms with van der Waals surface area (Å²) in [6, 6.07) is 10.9. The summed E-state index contributed by atoms with van der Waals surface area (Å²) in [5.41, 5.74) is 2.44. The molecule has 1 aliphatic rings. The third kappa shape index (κ3) is 4.99. The third-order valence-electron chi connectivity index (χ3n) is 4.66. The van der Waals surface area contributed by atoms with Crippen molar-refractivity contribution in [2.24, 2.45) is 0 Å². The quantitative estimate of drug-likeness (QED) is 0.721. The molecule has 0 bridgehead atoms. The van der Waals surface area contributed by atoms with Crippen molar-refractivity contribution in [3.05, 3.63) is 53.1 Å². The molecule has 7 heteroatoms. The van der Waals surface area contributed by atoms with E-state index in [-0.39, 0.29) is 24.1 Å². The van der Waals surface area contributed by atoms with Crippen molar-refractivity contribution in [3.8, 4) is 17.2 Å². The SMILES string of the molecule is CCc1ccc([C@H](C)NC(=O)COC(=O)c2cc(OC)c3c(c2)OCCO3)cc1. The lowest BCUT2D eigenvalue weighted by Crippen LogP contribution is -2.31. The van der Waals surface area contributed by atoms with Crippen LogP contribution >= 0.6 is 0 Å². The van der Waals surface area contributed by atoms with Crippen molar-refractivity contribution in [2.45, 2.75) is 26.3 Å². The fraction of sp³-hybridized carbons (Fsp3) is 0.364. The van der Waals surface area contributed by atoms with Gasteiger partial charge in [0.1, 0.15) is 13.2 Å². The van der Waals surface area contributed by atoms with Gasteiger partial charge in [0, 0.05) is 0 Å². The first-order chi connectivity index (χ1) is 14.0. The van der Waals surface area contributed by atoms with Gasteiger partial charge in [0.05, 0.1) is 18.7 Å². The number of ether oxygens (including phenoxy) is 4. The summed E-state index contributed by atoms with van der Waals surface area (Å²) in [6.45, 7) is 4.38. The maximum Gasteiger partial charge on any atom is 0.338 e. The van der Waals surface area contributed by atoms with E-state index >= 15 is 0 Å². The third-order valence-corrected chi connectivity index (χ3v) is 4.66. The van der Waals surface area contributed by atoms with Crippen LogP contribution < -0.4 is 19.5 Å². The molecule has 2 aromatic rings. The van der Waals surface area contributed by atoms with E-state index in [0.29, 0.717) is 30.5 Å². The summed E-state index contributed by atoms with van der Waals surface area (Å²) in [7, 11) is 1.48. The van der Waals surface area contributed by atoms with Gasteiger partial charge in [-0.25, -0.2) is 4.79 Å². The minimum absolute atomic E-state index is 0.193. The zero-order valence-electron chi connectivity index (χ0n) is 16.8. The smallest absolute Gasteiger partial charge is 0.338 e. The van der Waals surface area contributed by atoms with Crippen LogP contribution in [0, 0.1) is 0 Å². The van der Waals surface area contributed by atoms with Gasteiger partial charge in [0.2, 0.25) is 5.75 Å². The number of carbonyl (C=O) groups excluding carboxylic acids is 2. The molecule has 7 nitrogen and oxygen atoms in total. The fourth-order valence-electron chi connectivity index (χ4n) is 3.01. The topological polar surface area (TPSA) is 83.1 Å². The first-order valence-corrected chi connectivity index (χ1v) is 9.54. The zero-order chi connectivity index (χ0) is 20.8. The number of aryl methyl sites for hydroxylation is 1. The molecule has 0 saturated heterocycles. The van der Waals surface area contributed by atoms with E-state index < -0.39 is 5.97 Å². The molecule has 1 N–H and O–H groups in total. The molecule has 1 aliphatic heterocycles. The number of carbonyl (C=O) groups is 2. The van der Waals surface area contributed by atoms with Gasteiger partial charge in [-0.2, -0.15) is 0 Å². The van der Waals surface area contributed by atoms with Gasteiger partial charge in [-0.1, -0.05) is 31.2 Å². The molecule has 3 rings (SSSR count). The van der Waals surface area contributed by atoms with Crippen LogP contribution in [-0.4, -0.2) is 38.8 Å². The van der Waals surface area contributed by atoms with E-state index in [1.54, 1.807) is 0 Å². The Labute approximate surface area is 169 Å². The van der Waals surface area contributed by atoms with Crippen LogP contribution in [0.5, 0.6) is 17.2 Å². The number of methoxy groups -OCH3 is 1. The van der Waals surface area contributed by atoms with Crippen LogP contribution in [-0.2, 0) is 16.0 Å². The lowest BCUT2D eigenvalue weighted by Gasteiger charge is -2.21. The Balaban J connectivity index is 1.57. The van der Waals surface area contributed by atoms with Gasteiger partial charge in [-0.15, -0.1) is 0 Å². The number of hydrogen-bond acceptors (Lipinski definition) is 6. The first-order valence-electron chi connectivity index (χ1n) is 9.54. The Kier molecular flexibility index (Phi) is 6.59. The summed E-state index contributed by atoms with van der Waals surface area (Å²) in [6.07, 6.45) is 0.960. The Morgan fingerprint density at radius 2 is 1.86 bits per heavy atom. The lowest BCUT2D eigenvalue weighted by molar-refractivity contribution is -0.124. The Morgan fingerprint density at radius 3 is 2.55 bits per heavy atom. The van der Waals surface area contributed by atoms with Gasteiger partial charge in [0.15, 0.2) is 18.1 Å². The minimum Gasteiger partial charge on any atom is -0.493 e. The zero-order valence-corrected chi connectivity index (χ0v) is 16.8. The van der Waals surface area contributed by atoms with Crippen molar-refractivity contribution in [1.82, 2.24) is 5.32 Å². The van der Waals surface area contributed by atoms with Crippen molar-refractivity contribution in [2.75, 3.05) is 26.9 Å². The molecule has 2 aromatic carbocycles. The van der Waals surface area contributed by atoms with E-state index in [1.165, 1.54) is 24.8 Å². The maximum absolute atomic E-state index is 12.4. The predicted octanol–water partition coefficient (Wildman–Crippen LogP) is 3.06. The van der Waals surface area contributed by atoms with E-state index in [9.17, 15) is 9.59 Å². The highest BCUT2D eigenvalue weighted by Gasteiger charge is 2.22. The molecule has 29 heavy (non-hydrogen) atoms. The molecule has 0 radical (unpaired) electrons. The molecular formula is C22H25NO6. The van der Waals surface area contributed by atoms with E-state index in [2.05, 4.69) is 12.2 Å². The monoisotopic (exact) mass is 399 g/mol. The summed E-state index contributed by atoms with van der Waals surface area (Å²) >= 11 is 0. The summed E-state index contributed by atoms with van der Waals surface area (Å²) in [5.74, 6) is 0.222. The Morgan fingerprint density at radius 1 is 1.14 bits per heavy atom. The van der Waals surface area contributed by atoms with Crippen LogP contribution in [0.15, 0.2) is 36.4 Å². The average molecular weight is 399 g/mol. The van der Waals surface area contributed by atoms with Gasteiger partial charge >= 0.3 is 5.97 Å². The number of benzene rings is 2. The van der Waals surface area contributed by atoms with Gasteiger partial charge < -0.3 is 24.3 Å². The summed E-state index contributed by atoms with van der Waals surface area (Å²) in [5, 5.41) is 2.83. The van der Waals surface area contributed by atoms with Crippen molar-refractivity contribution >= 4 is 11.9 Å². The summed E-state index contributed by atoms with van der Waals surface area (Å²) < 4.78 is 21.4. The van der Waals surface area contributed by atoms with Gasteiger partial charge in [-0.3, -0.25) is 4.79 Å². The fourth-order valence-corrected chi connectivity index (χ4v) is 3.01. The van der Waals surface area contributed by atoms with Crippen molar-refractivity contribution in [3.63, 3.8) is 0 Å². The molecule has 0 spiro atoms. The first kappa shape index (κ1) is 20.5. The molecule has 1 heterocycles. The molecule has 1 amide bonds. The van der Waals surface area contributed by atoms with Crippen LogP contribution in [0.4, 0.5) is 0 Å². The number of hydrogen-bond donors (Lipinski definition) is 1. The van der Waals surface area contributed by atoms with Gasteiger partial charge in [-0.05, 0) is 36.6 Å². The molecular weight excluding hydrogens is 374 g/mol. The second-order valence-corrected chi connectivity index (χ2v) is 6.66. The molecule has 0 unspecified atom stereocenters. The highest BCUT2D eigenvalue weighted by atomic mass is 16.6. The van der Waals surface area contributed by atoms with E-state index in [1.807, 2.05) is 31.2 Å². The second-order valence-electron chi connectivity index (χ2n) is 6.66. The normalized spacial score (nSPS) is 13.3. The molecule has 1 atom stereocenters. The molecule has 0 aromatic heterocycles. The Bertz CT molecular complexity index is 860. The van der Waals surface area contributed by atoms with Gasteiger partial charge in [0.25, 0.3) is 5.91 Å². The minimum atomic E-state index is -0.643. The maximum atomic E-state index is 12.4. The summed E-state index contributed by atoms with van der Waals surface area (Å²) in [4.78, 5) is 24.6. The molecule has 154 valence electrons. The average Bonchev–Trinajstić information content (AvgIpc) is 2.76. The standard InChI is InChI=1S/C22H25NO6/c1-4-15-5-7-16(8-6-15)14(2)23-20(24)13-29-22(25)17-11-18(26-3)21-19(12-17)27-9-10-28-21/h5-8,11-12,14H,4,9-10,13H2,1-3H3,(H,23,24)/t14-/m0/s1. The molecule has 0 fully saturated rings. The van der Waals surface area contributed by atoms with E-state index in [0.717, 1.165) is 12.0 Å². The molecule has 0 saturated carbocycles. The molecule has 0 aliphatic carbocycles. The van der Waals surface area contributed by atoms with Crippen LogP contribution in [0.1, 0.15) is 41.4 Å². The van der Waals surface area contributed by atoms with E-state index in [4.69, 9.17) is 18.9 Å².